The maximum absolute atomic E-state index is 12.9. The largest absolute Gasteiger partial charge is 0.444 e. The van der Waals surface area contributed by atoms with Crippen LogP contribution in [0.1, 0.15) is 53.4 Å². The van der Waals surface area contributed by atoms with Crippen molar-refractivity contribution in [2.45, 2.75) is 65.0 Å². The van der Waals surface area contributed by atoms with Gasteiger partial charge in [-0.3, -0.25) is 9.59 Å². The van der Waals surface area contributed by atoms with Gasteiger partial charge in [-0.1, -0.05) is 6.08 Å². The fraction of sp³-hybridized carbons (Fsp3) is 0.737. The molecule has 1 aliphatic heterocycles. The van der Waals surface area contributed by atoms with Gasteiger partial charge in [-0.25, -0.2) is 4.79 Å². The van der Waals surface area contributed by atoms with Crippen molar-refractivity contribution in [3.63, 3.8) is 0 Å². The molecule has 148 valence electrons. The van der Waals surface area contributed by atoms with Gasteiger partial charge in [0.1, 0.15) is 5.60 Å². The molecular weight excluding hydrogens is 334 g/mol. The summed E-state index contributed by atoms with van der Waals surface area (Å²) < 4.78 is 5.41. The maximum atomic E-state index is 12.9. The lowest BCUT2D eigenvalue weighted by Gasteiger charge is -2.41. The Morgan fingerprint density at radius 1 is 1.27 bits per heavy atom. The molecule has 1 aliphatic rings. The van der Waals surface area contributed by atoms with E-state index in [9.17, 15) is 14.4 Å². The molecule has 1 atom stereocenters. The summed E-state index contributed by atoms with van der Waals surface area (Å²) in [5, 5.41) is 5.50. The Morgan fingerprint density at radius 3 is 2.31 bits per heavy atom. The Balaban J connectivity index is 2.71. The Morgan fingerprint density at radius 2 is 1.85 bits per heavy atom. The second kappa shape index (κ2) is 9.05. The first-order valence-electron chi connectivity index (χ1n) is 9.13. The molecular formula is C19H33N3O4. The van der Waals surface area contributed by atoms with Crippen LogP contribution in [0, 0.1) is 5.41 Å². The normalized spacial score (nSPS) is 17.8. The van der Waals surface area contributed by atoms with Crippen molar-refractivity contribution in [2.75, 3.05) is 20.1 Å². The fourth-order valence-electron chi connectivity index (χ4n) is 3.05. The number of piperidine rings is 1. The number of hydrogen-bond acceptors (Lipinski definition) is 4. The highest BCUT2D eigenvalue weighted by Crippen LogP contribution is 2.36. The zero-order valence-electron chi connectivity index (χ0n) is 16.7. The van der Waals surface area contributed by atoms with E-state index < -0.39 is 11.0 Å². The summed E-state index contributed by atoms with van der Waals surface area (Å²) in [6.07, 6.45) is 3.24. The predicted octanol–water partition coefficient (Wildman–Crippen LogP) is 2.22. The minimum atomic E-state index is -0.600. The molecule has 1 rings (SSSR count). The number of ether oxygens (including phenoxy) is 1. The summed E-state index contributed by atoms with van der Waals surface area (Å²) in [5.41, 5.74) is -1.14. The highest BCUT2D eigenvalue weighted by Gasteiger charge is 2.42. The molecule has 7 heteroatoms. The molecule has 1 heterocycles. The van der Waals surface area contributed by atoms with Gasteiger partial charge in [0, 0.05) is 32.6 Å². The van der Waals surface area contributed by atoms with E-state index in [0.717, 1.165) is 0 Å². The van der Waals surface area contributed by atoms with Crippen LogP contribution in [0.3, 0.4) is 0 Å². The molecule has 7 nitrogen and oxygen atoms in total. The van der Waals surface area contributed by atoms with E-state index in [4.69, 9.17) is 4.74 Å². The van der Waals surface area contributed by atoms with Crippen molar-refractivity contribution in [1.29, 1.82) is 0 Å². The molecule has 0 bridgehead atoms. The van der Waals surface area contributed by atoms with Gasteiger partial charge in [0.25, 0.3) is 0 Å². The van der Waals surface area contributed by atoms with E-state index in [1.807, 2.05) is 27.7 Å². The van der Waals surface area contributed by atoms with Crippen LogP contribution in [0.25, 0.3) is 0 Å². The summed E-state index contributed by atoms with van der Waals surface area (Å²) in [6.45, 7) is 12.0. The zero-order chi connectivity index (χ0) is 20.0. The molecule has 1 unspecified atom stereocenters. The van der Waals surface area contributed by atoms with E-state index >= 15 is 0 Å². The van der Waals surface area contributed by atoms with Crippen LogP contribution >= 0.6 is 0 Å². The molecule has 2 N–H and O–H groups in total. The van der Waals surface area contributed by atoms with Crippen LogP contribution in [0.15, 0.2) is 12.7 Å². The van der Waals surface area contributed by atoms with Gasteiger partial charge in [0.15, 0.2) is 0 Å². The van der Waals surface area contributed by atoms with Crippen molar-refractivity contribution >= 4 is 17.9 Å². The number of nitrogens with one attached hydrogen (secondary N) is 2. The minimum Gasteiger partial charge on any atom is -0.444 e. The van der Waals surface area contributed by atoms with Crippen LogP contribution in [0.2, 0.25) is 0 Å². The molecule has 26 heavy (non-hydrogen) atoms. The van der Waals surface area contributed by atoms with Gasteiger partial charge in [-0.2, -0.15) is 0 Å². The minimum absolute atomic E-state index is 0.0855. The molecule has 0 radical (unpaired) electrons. The molecule has 0 aromatic carbocycles. The Bertz CT molecular complexity index is 531. The van der Waals surface area contributed by atoms with Gasteiger partial charge >= 0.3 is 6.09 Å². The average Bonchev–Trinajstić information content (AvgIpc) is 2.53. The summed E-state index contributed by atoms with van der Waals surface area (Å²) in [7, 11) is 1.57. The Kier molecular flexibility index (Phi) is 7.66. The third kappa shape index (κ3) is 6.35. The number of allylic oxidation sites excluding steroid dienone is 1. The maximum Gasteiger partial charge on any atom is 0.410 e. The number of rotatable bonds is 6. The summed E-state index contributed by atoms with van der Waals surface area (Å²) in [5.74, 6) is -0.201. The van der Waals surface area contributed by atoms with Crippen LogP contribution in [-0.2, 0) is 14.3 Å². The first-order chi connectivity index (χ1) is 12.0. The summed E-state index contributed by atoms with van der Waals surface area (Å²) in [6, 6.07) is -0.256. The van der Waals surface area contributed by atoms with E-state index in [-0.39, 0.29) is 30.4 Å². The molecule has 0 aromatic heterocycles. The molecule has 1 saturated heterocycles. The standard InChI is InChI=1S/C19H33N3O4/c1-7-8-19(16(24)21-14(2)13-15(23)20-6)9-11-22(12-10-19)17(25)26-18(3,4)5/h7,14H,1,8-13H2,2-6H3,(H,20,23)(H,21,24). The van der Waals surface area contributed by atoms with Crippen molar-refractivity contribution in [3.8, 4) is 0 Å². The first-order valence-corrected chi connectivity index (χ1v) is 9.13. The second-order valence-corrected chi connectivity index (χ2v) is 7.99. The van der Waals surface area contributed by atoms with Gasteiger partial charge in [-0.15, -0.1) is 6.58 Å². The summed E-state index contributed by atoms with van der Waals surface area (Å²) in [4.78, 5) is 38.2. The van der Waals surface area contributed by atoms with Crippen molar-refractivity contribution in [3.05, 3.63) is 12.7 Å². The monoisotopic (exact) mass is 367 g/mol. The number of amides is 3. The molecule has 0 saturated carbocycles. The van der Waals surface area contributed by atoms with Gasteiger partial charge in [0.2, 0.25) is 11.8 Å². The second-order valence-electron chi connectivity index (χ2n) is 7.99. The summed E-state index contributed by atoms with van der Waals surface area (Å²) >= 11 is 0. The fourth-order valence-corrected chi connectivity index (χ4v) is 3.05. The quantitative estimate of drug-likeness (QED) is 0.705. The number of carbonyl (C=O) groups excluding carboxylic acids is 3. The lowest BCUT2D eigenvalue weighted by molar-refractivity contribution is -0.134. The molecule has 3 amide bonds. The van der Waals surface area contributed by atoms with Crippen LogP contribution < -0.4 is 10.6 Å². The lowest BCUT2D eigenvalue weighted by Crippen LogP contribution is -2.52. The van der Waals surface area contributed by atoms with Crippen molar-refractivity contribution in [2.24, 2.45) is 5.41 Å². The third-order valence-electron chi connectivity index (χ3n) is 4.54. The predicted molar refractivity (Wildman–Crippen MR) is 101 cm³/mol. The topological polar surface area (TPSA) is 87.7 Å². The van der Waals surface area contributed by atoms with E-state index in [0.29, 0.717) is 32.4 Å². The lowest BCUT2D eigenvalue weighted by atomic mass is 9.74. The average molecular weight is 367 g/mol. The molecule has 1 fully saturated rings. The highest BCUT2D eigenvalue weighted by molar-refractivity contribution is 5.84. The molecule has 0 aromatic rings. The van der Waals surface area contributed by atoms with E-state index in [2.05, 4.69) is 17.2 Å². The molecule has 0 spiro atoms. The smallest absolute Gasteiger partial charge is 0.410 e. The van der Waals surface area contributed by atoms with E-state index in [1.54, 1.807) is 18.0 Å². The Labute approximate surface area is 156 Å². The van der Waals surface area contributed by atoms with E-state index in [1.165, 1.54) is 0 Å². The van der Waals surface area contributed by atoms with Gasteiger partial charge in [0.05, 0.1) is 5.41 Å². The third-order valence-corrected chi connectivity index (χ3v) is 4.54. The first kappa shape index (κ1) is 22.0. The van der Waals surface area contributed by atoms with Crippen LogP contribution in [-0.4, -0.2) is 54.6 Å². The van der Waals surface area contributed by atoms with Gasteiger partial charge in [-0.05, 0) is 47.0 Å². The number of likely N-dealkylation sites (tertiary alicyclic amines) is 1. The highest BCUT2D eigenvalue weighted by atomic mass is 16.6. The van der Waals surface area contributed by atoms with Crippen LogP contribution in [0.4, 0.5) is 4.79 Å². The number of hydrogen-bond donors (Lipinski definition) is 2. The van der Waals surface area contributed by atoms with Gasteiger partial charge < -0.3 is 20.3 Å². The SMILES string of the molecule is C=CCC1(C(=O)NC(C)CC(=O)NC)CCN(C(=O)OC(C)(C)C)CC1. The number of carbonyl (C=O) groups is 3. The van der Waals surface area contributed by atoms with Crippen molar-refractivity contribution in [1.82, 2.24) is 15.5 Å². The Hall–Kier alpha value is -2.05. The molecule has 0 aliphatic carbocycles. The van der Waals surface area contributed by atoms with Crippen LogP contribution in [0.5, 0.6) is 0 Å². The van der Waals surface area contributed by atoms with Crippen molar-refractivity contribution < 1.29 is 19.1 Å². The zero-order valence-corrected chi connectivity index (χ0v) is 16.7. The number of nitrogens with zero attached hydrogens (tertiary/aromatic N) is 1.